The summed E-state index contributed by atoms with van der Waals surface area (Å²) in [6.07, 6.45) is 9.15. The molecule has 1 nitrogen and oxygen atoms in total. The molecule has 0 saturated heterocycles. The number of rotatable bonds is 10. The van der Waals surface area contributed by atoms with Crippen molar-refractivity contribution in [1.82, 2.24) is 0 Å². The van der Waals surface area contributed by atoms with Crippen molar-refractivity contribution in [3.8, 4) is 0 Å². The Labute approximate surface area is 165 Å². The quantitative estimate of drug-likeness (QED) is 0.179. The predicted octanol–water partition coefficient (Wildman–Crippen LogP) is 7.64. The molecule has 0 aliphatic heterocycles. The number of benzene rings is 1. The van der Waals surface area contributed by atoms with Gasteiger partial charge < -0.3 is 0 Å². The molecule has 0 unspecified atom stereocenters. The first-order valence-corrected chi connectivity index (χ1v) is 10.5. The molecular weight excluding hydrogens is 334 g/mol. The van der Waals surface area contributed by atoms with E-state index in [1.165, 1.54) is 41.7 Å². The van der Waals surface area contributed by atoms with Crippen LogP contribution in [0.1, 0.15) is 70.1 Å². The highest BCUT2D eigenvalue weighted by atomic mass is 32.2. The molecule has 0 fully saturated rings. The third-order valence-electron chi connectivity index (χ3n) is 4.47. The van der Waals surface area contributed by atoms with Crippen molar-refractivity contribution in [3.63, 3.8) is 0 Å². The largest absolute Gasteiger partial charge is 0.287 e. The average molecular weight is 370 g/mol. The van der Waals surface area contributed by atoms with E-state index in [1.807, 2.05) is 37.9 Å². The fraction of sp³-hybridized carbons (Fsp3) is 0.458. The Morgan fingerprint density at radius 2 is 1.96 bits per heavy atom. The first kappa shape index (κ1) is 22.5. The summed E-state index contributed by atoms with van der Waals surface area (Å²) >= 11 is 1.98. The Kier molecular flexibility index (Phi) is 9.72. The highest BCUT2D eigenvalue weighted by Crippen LogP contribution is 2.38. The summed E-state index contributed by atoms with van der Waals surface area (Å²) in [6.45, 7) is 19.4. The van der Waals surface area contributed by atoms with Crippen molar-refractivity contribution < 1.29 is 0 Å². The first-order chi connectivity index (χ1) is 12.4. The van der Waals surface area contributed by atoms with Gasteiger partial charge in [0.25, 0.3) is 0 Å². The summed E-state index contributed by atoms with van der Waals surface area (Å²) < 4.78 is 0. The molecule has 0 aliphatic carbocycles. The van der Waals surface area contributed by atoms with Crippen LogP contribution in [-0.4, -0.2) is 18.0 Å². The summed E-state index contributed by atoms with van der Waals surface area (Å²) in [6, 6.07) is 4.37. The Bertz CT molecular complexity index is 694. The molecule has 1 atom stereocenters. The molecule has 0 saturated carbocycles. The molecule has 0 amide bonds. The number of thioether (sulfide) groups is 1. The Hall–Kier alpha value is -1.54. The van der Waals surface area contributed by atoms with Gasteiger partial charge in [-0.2, -0.15) is 0 Å². The zero-order chi connectivity index (χ0) is 19.7. The second-order valence-electron chi connectivity index (χ2n) is 6.94. The van der Waals surface area contributed by atoms with Crippen molar-refractivity contribution in [2.75, 3.05) is 7.05 Å². The third kappa shape index (κ3) is 6.02. The molecule has 26 heavy (non-hydrogen) atoms. The molecule has 0 spiro atoms. The summed E-state index contributed by atoms with van der Waals surface area (Å²) in [7, 11) is 1.84. The lowest BCUT2D eigenvalue weighted by Gasteiger charge is -2.21. The minimum Gasteiger partial charge on any atom is -0.287 e. The predicted molar refractivity (Wildman–Crippen MR) is 122 cm³/mol. The Morgan fingerprint density at radius 1 is 1.27 bits per heavy atom. The fourth-order valence-electron chi connectivity index (χ4n) is 3.12. The number of aryl methyl sites for hydroxylation is 1. The molecule has 0 heterocycles. The van der Waals surface area contributed by atoms with Crippen LogP contribution < -0.4 is 0 Å². The van der Waals surface area contributed by atoms with Crippen LogP contribution in [0.25, 0.3) is 5.57 Å². The SMILES string of the molecule is C=C(/C=C\C)C(=NC)c1ccc(C)c(S[C@@H](C)CCCCC)c1C(=C)C. The standard InChI is InChI=1S/C24H35NS/c1-9-11-12-14-20(7)26-24-19(6)15-16-21(22(24)17(3)4)23(25-8)18(5)13-10-2/h10,13,15-16,20H,3,5,9,11-12,14H2,1-2,4,6-8H3/b13-10-,25-23?/t20-/m0/s1. The monoisotopic (exact) mass is 369 g/mol. The highest BCUT2D eigenvalue weighted by molar-refractivity contribution is 8.00. The number of nitrogens with zero attached hydrogens (tertiary/aromatic N) is 1. The van der Waals surface area contributed by atoms with Crippen LogP contribution in [0.5, 0.6) is 0 Å². The van der Waals surface area contributed by atoms with Crippen molar-refractivity contribution >= 4 is 23.0 Å². The van der Waals surface area contributed by atoms with Crippen LogP contribution in [0.2, 0.25) is 0 Å². The van der Waals surface area contributed by atoms with Gasteiger partial charge in [-0.25, -0.2) is 0 Å². The number of hydrogen-bond donors (Lipinski definition) is 0. The van der Waals surface area contributed by atoms with Crippen molar-refractivity contribution in [3.05, 3.63) is 59.7 Å². The Morgan fingerprint density at radius 3 is 2.50 bits per heavy atom. The maximum Gasteiger partial charge on any atom is 0.0715 e. The summed E-state index contributed by atoms with van der Waals surface area (Å²) in [4.78, 5) is 5.89. The second-order valence-corrected chi connectivity index (χ2v) is 8.38. The fourth-order valence-corrected chi connectivity index (χ4v) is 4.46. The number of aliphatic imine (C=N–C) groups is 1. The maximum atomic E-state index is 4.55. The van der Waals surface area contributed by atoms with Crippen LogP contribution in [0.15, 0.2) is 52.9 Å². The number of unbranched alkanes of at least 4 members (excludes halogenated alkanes) is 2. The summed E-state index contributed by atoms with van der Waals surface area (Å²) in [5.74, 6) is 0. The van der Waals surface area contributed by atoms with Gasteiger partial charge in [-0.05, 0) is 43.9 Å². The van der Waals surface area contributed by atoms with Crippen LogP contribution in [-0.2, 0) is 0 Å². The third-order valence-corrected chi connectivity index (χ3v) is 5.87. The summed E-state index contributed by atoms with van der Waals surface area (Å²) in [5, 5.41) is 0.592. The number of hydrogen-bond acceptors (Lipinski definition) is 2. The normalized spacial score (nSPS) is 13.2. The van der Waals surface area contributed by atoms with Gasteiger partial charge >= 0.3 is 0 Å². The van der Waals surface area contributed by atoms with Crippen LogP contribution in [0, 0.1) is 6.92 Å². The van der Waals surface area contributed by atoms with E-state index < -0.39 is 0 Å². The van der Waals surface area contributed by atoms with E-state index in [0.29, 0.717) is 5.25 Å². The summed E-state index contributed by atoms with van der Waals surface area (Å²) in [5.41, 5.74) is 6.64. The minimum atomic E-state index is 0.592. The zero-order valence-electron chi connectivity index (χ0n) is 17.5. The Balaban J connectivity index is 3.35. The molecule has 0 N–H and O–H groups in total. The molecule has 1 aromatic carbocycles. The van der Waals surface area contributed by atoms with Gasteiger partial charge in [0, 0.05) is 28.3 Å². The van der Waals surface area contributed by atoms with Crippen LogP contribution in [0.4, 0.5) is 0 Å². The van der Waals surface area contributed by atoms with E-state index in [1.54, 1.807) is 0 Å². The minimum absolute atomic E-state index is 0.592. The molecule has 1 rings (SSSR count). The zero-order valence-corrected chi connectivity index (χ0v) is 18.3. The number of allylic oxidation sites excluding steroid dienone is 4. The van der Waals surface area contributed by atoms with Gasteiger partial charge in [0.05, 0.1) is 5.71 Å². The molecule has 1 aromatic rings. The van der Waals surface area contributed by atoms with Crippen molar-refractivity contribution in [2.45, 2.75) is 70.4 Å². The van der Waals surface area contributed by atoms with E-state index in [0.717, 1.165) is 22.4 Å². The van der Waals surface area contributed by atoms with Crippen molar-refractivity contribution in [1.29, 1.82) is 0 Å². The van der Waals surface area contributed by atoms with Gasteiger partial charge in [-0.15, -0.1) is 11.8 Å². The topological polar surface area (TPSA) is 12.4 Å². The maximum absolute atomic E-state index is 4.55. The van der Waals surface area contributed by atoms with E-state index in [4.69, 9.17) is 0 Å². The second kappa shape index (κ2) is 11.2. The van der Waals surface area contributed by atoms with Crippen LogP contribution >= 0.6 is 11.8 Å². The van der Waals surface area contributed by atoms with Crippen LogP contribution in [0.3, 0.4) is 0 Å². The highest BCUT2D eigenvalue weighted by Gasteiger charge is 2.19. The molecular formula is C24H35NS. The van der Waals surface area contributed by atoms with Crippen molar-refractivity contribution in [2.24, 2.45) is 4.99 Å². The molecule has 0 aliphatic rings. The van der Waals surface area contributed by atoms with Gasteiger partial charge in [-0.1, -0.05) is 70.6 Å². The molecule has 2 heteroatoms. The molecule has 0 radical (unpaired) electrons. The van der Waals surface area contributed by atoms with E-state index in [-0.39, 0.29) is 0 Å². The lowest BCUT2D eigenvalue weighted by Crippen LogP contribution is -2.09. The lowest BCUT2D eigenvalue weighted by molar-refractivity contribution is 0.664. The van der Waals surface area contributed by atoms with Gasteiger partial charge in [0.2, 0.25) is 0 Å². The van der Waals surface area contributed by atoms with E-state index in [9.17, 15) is 0 Å². The molecule has 0 aromatic heterocycles. The smallest absolute Gasteiger partial charge is 0.0715 e. The molecule has 0 bridgehead atoms. The van der Waals surface area contributed by atoms with E-state index >= 15 is 0 Å². The van der Waals surface area contributed by atoms with E-state index in [2.05, 4.69) is 58.0 Å². The van der Waals surface area contributed by atoms with Gasteiger partial charge in [0.1, 0.15) is 0 Å². The van der Waals surface area contributed by atoms with Gasteiger partial charge in [0.15, 0.2) is 0 Å². The molecule has 142 valence electrons. The lowest BCUT2D eigenvalue weighted by atomic mass is 9.93. The first-order valence-electron chi connectivity index (χ1n) is 9.62. The average Bonchev–Trinajstić information content (AvgIpc) is 2.58. The van der Waals surface area contributed by atoms with Gasteiger partial charge in [-0.3, -0.25) is 4.99 Å².